The van der Waals surface area contributed by atoms with Crippen LogP contribution in [0.1, 0.15) is 19.3 Å². The van der Waals surface area contributed by atoms with Crippen molar-refractivity contribution in [3.8, 4) is 0 Å². The van der Waals surface area contributed by atoms with E-state index in [1.807, 2.05) is 0 Å². The molecule has 2 bridgehead atoms. The number of Topliss-reactive ketones (excluding diaryl/α,β-unsaturated/α-hetero) is 1. The minimum Gasteiger partial charge on any atom is -0.469 e. The monoisotopic (exact) mass is 240 g/mol. The zero-order valence-electron chi connectivity index (χ0n) is 9.97. The van der Waals surface area contributed by atoms with Gasteiger partial charge in [-0.25, -0.2) is 0 Å². The van der Waals surface area contributed by atoms with Gasteiger partial charge in [0.25, 0.3) is 0 Å². The third-order valence-electron chi connectivity index (χ3n) is 4.04. The molecule has 2 saturated carbocycles. The van der Waals surface area contributed by atoms with Crippen molar-refractivity contribution in [2.75, 3.05) is 14.2 Å². The first-order valence-corrected chi connectivity index (χ1v) is 5.75. The first kappa shape index (κ1) is 12.1. The molecule has 5 heteroatoms. The van der Waals surface area contributed by atoms with Crippen LogP contribution in [0.15, 0.2) is 0 Å². The zero-order valence-corrected chi connectivity index (χ0v) is 9.97. The number of carbonyl (C=O) groups excluding carboxylic acids is 3. The largest absolute Gasteiger partial charge is 0.469 e. The molecule has 94 valence electrons. The fraction of sp³-hybridized carbons (Fsp3) is 0.750. The smallest absolute Gasteiger partial charge is 0.309 e. The van der Waals surface area contributed by atoms with Crippen LogP contribution in [-0.2, 0) is 23.9 Å². The zero-order chi connectivity index (χ0) is 12.6. The van der Waals surface area contributed by atoms with Crippen LogP contribution in [0.5, 0.6) is 0 Å². The normalized spacial score (nSPS) is 34.8. The van der Waals surface area contributed by atoms with E-state index in [1.165, 1.54) is 14.2 Å². The molecule has 2 rings (SSSR count). The Bertz CT molecular complexity index is 362. The summed E-state index contributed by atoms with van der Waals surface area (Å²) in [6.07, 6.45) is 1.39. The molecule has 0 heterocycles. The van der Waals surface area contributed by atoms with Gasteiger partial charge in [0.15, 0.2) is 0 Å². The van der Waals surface area contributed by atoms with Gasteiger partial charge in [0.1, 0.15) is 5.78 Å². The van der Waals surface area contributed by atoms with Gasteiger partial charge in [-0.3, -0.25) is 14.4 Å². The summed E-state index contributed by atoms with van der Waals surface area (Å²) in [5.74, 6) is -1.24. The van der Waals surface area contributed by atoms with Gasteiger partial charge >= 0.3 is 11.9 Å². The maximum Gasteiger partial charge on any atom is 0.309 e. The van der Waals surface area contributed by atoms with Crippen molar-refractivity contribution in [3.63, 3.8) is 0 Å². The van der Waals surface area contributed by atoms with Crippen molar-refractivity contribution in [3.05, 3.63) is 0 Å². The molecule has 0 aromatic heterocycles. The third kappa shape index (κ3) is 1.94. The first-order chi connectivity index (χ1) is 8.08. The lowest BCUT2D eigenvalue weighted by Gasteiger charge is -2.27. The quantitative estimate of drug-likeness (QED) is 0.674. The summed E-state index contributed by atoms with van der Waals surface area (Å²) in [5, 5.41) is 0. The van der Waals surface area contributed by atoms with Gasteiger partial charge in [0, 0.05) is 18.8 Å². The van der Waals surface area contributed by atoms with Gasteiger partial charge in [0.2, 0.25) is 0 Å². The van der Waals surface area contributed by atoms with Crippen LogP contribution in [0.2, 0.25) is 0 Å². The van der Waals surface area contributed by atoms with Crippen molar-refractivity contribution in [2.45, 2.75) is 19.3 Å². The summed E-state index contributed by atoms with van der Waals surface area (Å²) in [6, 6.07) is 0. The van der Waals surface area contributed by atoms with Gasteiger partial charge in [-0.05, 0) is 18.3 Å². The molecule has 0 aromatic carbocycles. The van der Waals surface area contributed by atoms with Gasteiger partial charge < -0.3 is 9.47 Å². The first-order valence-electron chi connectivity index (χ1n) is 5.75. The highest BCUT2D eigenvalue weighted by Crippen LogP contribution is 2.52. The van der Waals surface area contributed by atoms with E-state index < -0.39 is 5.92 Å². The summed E-state index contributed by atoms with van der Waals surface area (Å²) in [6.45, 7) is 0. The van der Waals surface area contributed by atoms with Crippen molar-refractivity contribution in [1.29, 1.82) is 0 Å². The fourth-order valence-corrected chi connectivity index (χ4v) is 3.26. The van der Waals surface area contributed by atoms with E-state index in [2.05, 4.69) is 4.74 Å². The Morgan fingerprint density at radius 2 is 2.00 bits per heavy atom. The van der Waals surface area contributed by atoms with Crippen LogP contribution < -0.4 is 0 Å². The number of esters is 2. The lowest BCUT2D eigenvalue weighted by Crippen LogP contribution is -2.36. The van der Waals surface area contributed by atoms with Crippen LogP contribution in [0.4, 0.5) is 0 Å². The molecular weight excluding hydrogens is 224 g/mol. The second-order valence-electron chi connectivity index (χ2n) is 4.77. The topological polar surface area (TPSA) is 69.7 Å². The Morgan fingerprint density at radius 1 is 1.29 bits per heavy atom. The highest BCUT2D eigenvalue weighted by atomic mass is 16.5. The second kappa shape index (κ2) is 4.47. The number of carbonyl (C=O) groups is 3. The number of ether oxygens (including phenoxy) is 2. The van der Waals surface area contributed by atoms with Gasteiger partial charge in [0.05, 0.1) is 20.1 Å². The number of hydrogen-bond donors (Lipinski definition) is 0. The Hall–Kier alpha value is -1.39. The van der Waals surface area contributed by atoms with Crippen molar-refractivity contribution < 1.29 is 23.9 Å². The molecule has 2 aliphatic rings. The molecule has 0 aromatic rings. The standard InChI is InChI=1S/C12H16O5/c1-16-10(14)5-7-6-3-8(9(13)4-6)11(7)12(15)17-2/h6-8,11H,3-5H2,1-2H3/t6-,7+,8+,11+/m1/s1. The number of rotatable bonds is 3. The van der Waals surface area contributed by atoms with Gasteiger partial charge in [-0.2, -0.15) is 0 Å². The Morgan fingerprint density at radius 3 is 2.59 bits per heavy atom. The molecule has 0 radical (unpaired) electrons. The fourth-order valence-electron chi connectivity index (χ4n) is 3.26. The predicted molar refractivity (Wildman–Crippen MR) is 56.9 cm³/mol. The van der Waals surface area contributed by atoms with Crippen LogP contribution in [0.3, 0.4) is 0 Å². The molecule has 0 unspecified atom stereocenters. The summed E-state index contributed by atoms with van der Waals surface area (Å²) in [4.78, 5) is 34.7. The summed E-state index contributed by atoms with van der Waals surface area (Å²) < 4.78 is 9.37. The SMILES string of the molecule is COC(=O)C[C@H]1[C@H]2CC(=O)[C@H](C2)[C@H]1C(=O)OC. The number of methoxy groups -OCH3 is 2. The van der Waals surface area contributed by atoms with Crippen molar-refractivity contribution >= 4 is 17.7 Å². The highest BCUT2D eigenvalue weighted by Gasteiger charge is 2.56. The van der Waals surface area contributed by atoms with E-state index >= 15 is 0 Å². The lowest BCUT2D eigenvalue weighted by molar-refractivity contribution is -0.154. The van der Waals surface area contributed by atoms with E-state index in [4.69, 9.17) is 4.74 Å². The molecule has 0 saturated heterocycles. The maximum absolute atomic E-state index is 11.7. The van der Waals surface area contributed by atoms with E-state index in [0.717, 1.165) is 0 Å². The number of hydrogen-bond acceptors (Lipinski definition) is 5. The molecular formula is C12H16O5. The van der Waals surface area contributed by atoms with E-state index in [-0.39, 0.29) is 41.9 Å². The molecule has 4 atom stereocenters. The van der Waals surface area contributed by atoms with E-state index in [1.54, 1.807) is 0 Å². The van der Waals surface area contributed by atoms with Crippen molar-refractivity contribution in [2.24, 2.45) is 23.7 Å². The van der Waals surface area contributed by atoms with Crippen LogP contribution in [0, 0.1) is 23.7 Å². The maximum atomic E-state index is 11.7. The second-order valence-corrected chi connectivity index (χ2v) is 4.77. The van der Waals surface area contributed by atoms with Crippen LogP contribution >= 0.6 is 0 Å². The van der Waals surface area contributed by atoms with Crippen LogP contribution in [0.25, 0.3) is 0 Å². The average Bonchev–Trinajstić information content (AvgIpc) is 2.84. The summed E-state index contributed by atoms with van der Waals surface area (Å²) >= 11 is 0. The minimum atomic E-state index is -0.453. The third-order valence-corrected chi connectivity index (χ3v) is 4.04. The van der Waals surface area contributed by atoms with E-state index in [9.17, 15) is 14.4 Å². The Labute approximate surface area is 99.5 Å². The highest BCUT2D eigenvalue weighted by molar-refractivity contribution is 5.91. The predicted octanol–water partition coefficient (Wildman–Crippen LogP) is 0.564. The lowest BCUT2D eigenvalue weighted by atomic mass is 9.77. The summed E-state index contributed by atoms with van der Waals surface area (Å²) in [5.41, 5.74) is 0. The molecule has 2 aliphatic carbocycles. The molecule has 0 spiro atoms. The Kier molecular flexibility index (Phi) is 3.17. The molecule has 0 aliphatic heterocycles. The van der Waals surface area contributed by atoms with Crippen molar-refractivity contribution in [1.82, 2.24) is 0 Å². The molecule has 0 N–H and O–H groups in total. The average molecular weight is 240 g/mol. The molecule has 17 heavy (non-hydrogen) atoms. The summed E-state index contributed by atoms with van der Waals surface area (Å²) in [7, 11) is 2.64. The van der Waals surface area contributed by atoms with Gasteiger partial charge in [-0.1, -0.05) is 0 Å². The van der Waals surface area contributed by atoms with Gasteiger partial charge in [-0.15, -0.1) is 0 Å². The molecule has 0 amide bonds. The Balaban J connectivity index is 2.16. The minimum absolute atomic E-state index is 0.0994. The number of fused-ring (bicyclic) bond motifs is 2. The van der Waals surface area contributed by atoms with Crippen LogP contribution in [-0.4, -0.2) is 31.9 Å². The van der Waals surface area contributed by atoms with E-state index in [0.29, 0.717) is 12.8 Å². The number of ketones is 1. The molecule has 5 nitrogen and oxygen atoms in total. The molecule has 2 fully saturated rings.